The maximum atomic E-state index is 11.3. The van der Waals surface area contributed by atoms with E-state index in [9.17, 15) is 9.90 Å². The van der Waals surface area contributed by atoms with Gasteiger partial charge in [-0.05, 0) is 18.6 Å². The minimum Gasteiger partial charge on any atom is -0.504 e. The predicted octanol–water partition coefficient (Wildman–Crippen LogP) is 2.33. The minimum absolute atomic E-state index is 0.0577. The standard InChI is InChI=1S/C11H13ClO4/c1-6(11(14)16-3)7-4-9(13)10(15-2)5-8(7)12/h4-6,13H,1-3H3. The molecule has 1 aromatic carbocycles. The Bertz CT molecular complexity index is 403. The SMILES string of the molecule is COC(=O)C(C)c1cc(O)c(OC)cc1Cl. The van der Waals surface area contributed by atoms with Crippen LogP contribution in [-0.4, -0.2) is 25.3 Å². The number of esters is 1. The van der Waals surface area contributed by atoms with Gasteiger partial charge >= 0.3 is 5.97 Å². The first-order valence-corrected chi connectivity index (χ1v) is 5.03. The number of hydrogen-bond acceptors (Lipinski definition) is 4. The fourth-order valence-corrected chi connectivity index (χ4v) is 1.68. The number of benzene rings is 1. The number of aromatic hydroxyl groups is 1. The van der Waals surface area contributed by atoms with Gasteiger partial charge in [0.2, 0.25) is 0 Å². The Labute approximate surface area is 98.7 Å². The number of ether oxygens (including phenoxy) is 2. The Morgan fingerprint density at radius 3 is 2.56 bits per heavy atom. The van der Waals surface area contributed by atoms with Crippen LogP contribution in [0.4, 0.5) is 0 Å². The third-order valence-corrected chi connectivity index (χ3v) is 2.65. The largest absolute Gasteiger partial charge is 0.504 e. The van der Waals surface area contributed by atoms with Gasteiger partial charge in [0.05, 0.1) is 20.1 Å². The quantitative estimate of drug-likeness (QED) is 0.830. The van der Waals surface area contributed by atoms with Gasteiger partial charge in [-0.2, -0.15) is 0 Å². The van der Waals surface area contributed by atoms with Gasteiger partial charge in [0.25, 0.3) is 0 Å². The molecule has 1 N–H and O–H groups in total. The van der Waals surface area contributed by atoms with Crippen LogP contribution in [0.1, 0.15) is 18.4 Å². The number of hydrogen-bond donors (Lipinski definition) is 1. The number of rotatable bonds is 3. The van der Waals surface area contributed by atoms with Crippen molar-refractivity contribution < 1.29 is 19.4 Å². The van der Waals surface area contributed by atoms with Gasteiger partial charge in [0.15, 0.2) is 11.5 Å². The zero-order valence-corrected chi connectivity index (χ0v) is 10.0. The molecule has 0 amide bonds. The Morgan fingerprint density at radius 2 is 2.06 bits per heavy atom. The van der Waals surface area contributed by atoms with E-state index in [4.69, 9.17) is 16.3 Å². The molecule has 88 valence electrons. The monoisotopic (exact) mass is 244 g/mol. The Morgan fingerprint density at radius 1 is 1.44 bits per heavy atom. The molecule has 0 aromatic heterocycles. The predicted molar refractivity (Wildman–Crippen MR) is 60.1 cm³/mol. The number of phenols is 1. The van der Waals surface area contributed by atoms with Crippen LogP contribution in [0.3, 0.4) is 0 Å². The zero-order valence-electron chi connectivity index (χ0n) is 9.28. The molecule has 0 aliphatic carbocycles. The number of halogens is 1. The van der Waals surface area contributed by atoms with Gasteiger partial charge in [-0.1, -0.05) is 11.6 Å². The van der Waals surface area contributed by atoms with Gasteiger partial charge in [-0.25, -0.2) is 0 Å². The zero-order chi connectivity index (χ0) is 12.3. The van der Waals surface area contributed by atoms with Crippen molar-refractivity contribution in [2.24, 2.45) is 0 Å². The molecule has 0 bridgehead atoms. The van der Waals surface area contributed by atoms with Gasteiger partial charge in [-0.15, -0.1) is 0 Å². The molecule has 1 unspecified atom stereocenters. The second-order valence-corrected chi connectivity index (χ2v) is 3.70. The highest BCUT2D eigenvalue weighted by molar-refractivity contribution is 6.31. The van der Waals surface area contributed by atoms with Crippen molar-refractivity contribution in [1.29, 1.82) is 0 Å². The lowest BCUT2D eigenvalue weighted by Gasteiger charge is -2.13. The van der Waals surface area contributed by atoms with Gasteiger partial charge in [0, 0.05) is 11.1 Å². The van der Waals surface area contributed by atoms with Crippen LogP contribution in [0.25, 0.3) is 0 Å². The van der Waals surface area contributed by atoms with E-state index in [2.05, 4.69) is 4.74 Å². The summed E-state index contributed by atoms with van der Waals surface area (Å²) in [6, 6.07) is 2.87. The number of methoxy groups -OCH3 is 2. The molecule has 0 spiro atoms. The van der Waals surface area contributed by atoms with E-state index >= 15 is 0 Å². The highest BCUT2D eigenvalue weighted by Crippen LogP contribution is 2.35. The molecule has 16 heavy (non-hydrogen) atoms. The number of carbonyl (C=O) groups is 1. The number of phenolic OH excluding ortho intramolecular Hbond substituents is 1. The summed E-state index contributed by atoms with van der Waals surface area (Å²) >= 11 is 5.98. The fourth-order valence-electron chi connectivity index (χ4n) is 1.36. The third kappa shape index (κ3) is 2.39. The van der Waals surface area contributed by atoms with Gasteiger partial charge in [-0.3, -0.25) is 4.79 Å². The first-order chi connectivity index (χ1) is 7.51. The molecule has 0 saturated heterocycles. The lowest BCUT2D eigenvalue weighted by Crippen LogP contribution is -2.11. The average molecular weight is 245 g/mol. The smallest absolute Gasteiger partial charge is 0.312 e. The summed E-state index contributed by atoms with van der Waals surface area (Å²) < 4.78 is 9.50. The van der Waals surface area contributed by atoms with Crippen molar-refractivity contribution in [3.05, 3.63) is 22.7 Å². The lowest BCUT2D eigenvalue weighted by atomic mass is 10.0. The van der Waals surface area contributed by atoms with E-state index in [-0.39, 0.29) is 11.5 Å². The molecule has 0 heterocycles. The van der Waals surface area contributed by atoms with Gasteiger partial charge < -0.3 is 14.6 Å². The van der Waals surface area contributed by atoms with Crippen LogP contribution in [0.5, 0.6) is 11.5 Å². The average Bonchev–Trinajstić information content (AvgIpc) is 2.29. The van der Waals surface area contributed by atoms with E-state index in [1.165, 1.54) is 26.4 Å². The Balaban J connectivity index is 3.15. The molecule has 1 aromatic rings. The van der Waals surface area contributed by atoms with Crippen molar-refractivity contribution in [2.45, 2.75) is 12.8 Å². The summed E-state index contributed by atoms with van der Waals surface area (Å²) in [5.74, 6) is -0.732. The summed E-state index contributed by atoms with van der Waals surface area (Å²) in [6.07, 6.45) is 0. The second-order valence-electron chi connectivity index (χ2n) is 3.29. The summed E-state index contributed by atoms with van der Waals surface area (Å²) in [7, 11) is 2.73. The molecule has 0 aliphatic heterocycles. The summed E-state index contributed by atoms with van der Waals surface area (Å²) in [4.78, 5) is 11.3. The maximum absolute atomic E-state index is 11.3. The molecule has 4 nitrogen and oxygen atoms in total. The van der Waals surface area contributed by atoms with Crippen LogP contribution in [0.2, 0.25) is 5.02 Å². The van der Waals surface area contributed by atoms with Crippen LogP contribution < -0.4 is 4.74 Å². The van der Waals surface area contributed by atoms with E-state index < -0.39 is 11.9 Å². The Kier molecular flexibility index (Phi) is 4.01. The minimum atomic E-state index is -0.533. The molecule has 0 fully saturated rings. The highest BCUT2D eigenvalue weighted by atomic mass is 35.5. The molecular formula is C11H13ClO4. The third-order valence-electron chi connectivity index (χ3n) is 2.32. The van der Waals surface area contributed by atoms with Crippen LogP contribution in [-0.2, 0) is 9.53 Å². The highest BCUT2D eigenvalue weighted by Gasteiger charge is 2.20. The van der Waals surface area contributed by atoms with Crippen molar-refractivity contribution in [3.63, 3.8) is 0 Å². The molecule has 0 saturated carbocycles. The molecular weight excluding hydrogens is 232 g/mol. The summed E-state index contributed by atoms with van der Waals surface area (Å²) in [5.41, 5.74) is 0.506. The molecule has 5 heteroatoms. The van der Waals surface area contributed by atoms with E-state index in [1.807, 2.05) is 0 Å². The molecule has 1 rings (SSSR count). The Hall–Kier alpha value is -1.42. The van der Waals surface area contributed by atoms with Crippen molar-refractivity contribution in [1.82, 2.24) is 0 Å². The van der Waals surface area contributed by atoms with Crippen LogP contribution in [0.15, 0.2) is 12.1 Å². The lowest BCUT2D eigenvalue weighted by molar-refractivity contribution is -0.141. The van der Waals surface area contributed by atoms with E-state index in [0.717, 1.165) is 0 Å². The van der Waals surface area contributed by atoms with E-state index in [0.29, 0.717) is 10.6 Å². The molecule has 0 aliphatic rings. The van der Waals surface area contributed by atoms with Crippen molar-refractivity contribution in [3.8, 4) is 11.5 Å². The topological polar surface area (TPSA) is 55.8 Å². The molecule has 0 radical (unpaired) electrons. The molecule has 1 atom stereocenters. The van der Waals surface area contributed by atoms with Crippen molar-refractivity contribution in [2.75, 3.05) is 14.2 Å². The van der Waals surface area contributed by atoms with E-state index in [1.54, 1.807) is 6.92 Å². The van der Waals surface area contributed by atoms with Crippen LogP contribution >= 0.6 is 11.6 Å². The second kappa shape index (κ2) is 5.07. The summed E-state index contributed by atoms with van der Waals surface area (Å²) in [5, 5.41) is 9.94. The summed E-state index contributed by atoms with van der Waals surface area (Å²) in [6.45, 7) is 1.65. The van der Waals surface area contributed by atoms with Crippen LogP contribution in [0, 0.1) is 0 Å². The normalized spacial score (nSPS) is 12.0. The van der Waals surface area contributed by atoms with Gasteiger partial charge in [0.1, 0.15) is 0 Å². The maximum Gasteiger partial charge on any atom is 0.312 e. The first kappa shape index (κ1) is 12.6. The van der Waals surface area contributed by atoms with Crippen molar-refractivity contribution >= 4 is 17.6 Å². The number of carbonyl (C=O) groups excluding carboxylic acids is 1. The first-order valence-electron chi connectivity index (χ1n) is 4.65. The fraction of sp³-hybridized carbons (Fsp3) is 0.364.